The number of carbonyl (C=O) groups is 1. The lowest BCUT2D eigenvalue weighted by atomic mass is 9.61. The summed E-state index contributed by atoms with van der Waals surface area (Å²) in [6.07, 6.45) is 9.50. The van der Waals surface area contributed by atoms with E-state index in [1.165, 1.54) is 37.7 Å². The molecule has 96 valence electrons. The van der Waals surface area contributed by atoms with Gasteiger partial charge in [-0.3, -0.25) is 0 Å². The molecule has 0 N–H and O–H groups in total. The summed E-state index contributed by atoms with van der Waals surface area (Å²) in [6.45, 7) is 9.13. The van der Waals surface area contributed by atoms with Crippen molar-refractivity contribution in [3.05, 3.63) is 12.2 Å². The van der Waals surface area contributed by atoms with Gasteiger partial charge in [-0.25, -0.2) is 0 Å². The molecule has 1 heteroatoms. The van der Waals surface area contributed by atoms with Crippen molar-refractivity contribution in [3.63, 3.8) is 0 Å². The molecule has 0 spiro atoms. The Hall–Kier alpha value is -0.590. The standard InChI is InChI=1S/C16H26O/c1-12-6-4-10-16(3)14(12)8-9-15(16)13(2)7-5-11-17/h11,13-15H,1,4-10H2,2-3H3/t13?,14?,15-,16+/m1/s1. The molecule has 0 aromatic rings. The largest absolute Gasteiger partial charge is 0.303 e. The minimum Gasteiger partial charge on any atom is -0.303 e. The third kappa shape index (κ3) is 2.21. The van der Waals surface area contributed by atoms with E-state index < -0.39 is 0 Å². The zero-order valence-electron chi connectivity index (χ0n) is 11.4. The molecular formula is C16H26O. The van der Waals surface area contributed by atoms with Crippen molar-refractivity contribution in [1.29, 1.82) is 0 Å². The van der Waals surface area contributed by atoms with E-state index in [2.05, 4.69) is 20.4 Å². The van der Waals surface area contributed by atoms with Gasteiger partial charge >= 0.3 is 0 Å². The second-order valence-corrected chi connectivity index (χ2v) is 6.48. The van der Waals surface area contributed by atoms with Crippen molar-refractivity contribution in [3.8, 4) is 0 Å². The van der Waals surface area contributed by atoms with Gasteiger partial charge in [0.15, 0.2) is 0 Å². The van der Waals surface area contributed by atoms with Gasteiger partial charge in [0.2, 0.25) is 0 Å². The van der Waals surface area contributed by atoms with Crippen LogP contribution in [0.15, 0.2) is 12.2 Å². The Bertz CT molecular complexity index is 307. The summed E-state index contributed by atoms with van der Waals surface area (Å²) in [4.78, 5) is 10.5. The smallest absolute Gasteiger partial charge is 0.120 e. The Balaban J connectivity index is 2.09. The molecule has 2 rings (SSSR count). The third-order valence-electron chi connectivity index (χ3n) is 5.54. The van der Waals surface area contributed by atoms with Crippen LogP contribution in [-0.2, 0) is 4.79 Å². The molecule has 2 fully saturated rings. The quantitative estimate of drug-likeness (QED) is 0.521. The molecule has 2 aliphatic rings. The molecule has 4 atom stereocenters. The molecule has 0 radical (unpaired) electrons. The predicted octanol–water partition coefficient (Wildman–Crippen LogP) is 4.37. The first-order valence-electron chi connectivity index (χ1n) is 7.21. The number of allylic oxidation sites excluding steroid dienone is 1. The zero-order chi connectivity index (χ0) is 12.5. The summed E-state index contributed by atoms with van der Waals surface area (Å²) in [5, 5.41) is 0. The number of aldehydes is 1. The maximum absolute atomic E-state index is 10.5. The van der Waals surface area contributed by atoms with Crippen molar-refractivity contribution in [2.45, 2.75) is 58.8 Å². The first-order valence-corrected chi connectivity index (χ1v) is 7.21. The molecule has 0 heterocycles. The molecule has 2 aliphatic carbocycles. The van der Waals surface area contributed by atoms with E-state index in [4.69, 9.17) is 0 Å². The first-order chi connectivity index (χ1) is 8.09. The number of rotatable bonds is 4. The van der Waals surface area contributed by atoms with Crippen molar-refractivity contribution in [2.75, 3.05) is 0 Å². The summed E-state index contributed by atoms with van der Waals surface area (Å²) in [6, 6.07) is 0. The van der Waals surface area contributed by atoms with Crippen LogP contribution in [0.5, 0.6) is 0 Å². The number of hydrogen-bond acceptors (Lipinski definition) is 1. The van der Waals surface area contributed by atoms with Gasteiger partial charge in [0.1, 0.15) is 6.29 Å². The van der Waals surface area contributed by atoms with Crippen LogP contribution in [0.2, 0.25) is 0 Å². The molecule has 0 aliphatic heterocycles. The average Bonchev–Trinajstić information content (AvgIpc) is 2.64. The molecular weight excluding hydrogens is 208 g/mol. The first kappa shape index (κ1) is 12.9. The molecule has 17 heavy (non-hydrogen) atoms. The van der Waals surface area contributed by atoms with Crippen LogP contribution in [0, 0.1) is 23.2 Å². The zero-order valence-corrected chi connectivity index (χ0v) is 11.4. The Morgan fingerprint density at radius 3 is 3.00 bits per heavy atom. The van der Waals surface area contributed by atoms with E-state index in [1.54, 1.807) is 0 Å². The van der Waals surface area contributed by atoms with Crippen molar-refractivity contribution < 1.29 is 4.79 Å². The Kier molecular flexibility index (Phi) is 3.75. The molecule has 0 aromatic carbocycles. The molecule has 2 unspecified atom stereocenters. The summed E-state index contributed by atoms with van der Waals surface area (Å²) >= 11 is 0. The van der Waals surface area contributed by atoms with Gasteiger partial charge in [-0.2, -0.15) is 0 Å². The third-order valence-corrected chi connectivity index (χ3v) is 5.54. The Morgan fingerprint density at radius 2 is 2.29 bits per heavy atom. The summed E-state index contributed by atoms with van der Waals surface area (Å²) in [5.41, 5.74) is 1.99. The van der Waals surface area contributed by atoms with Crippen LogP contribution in [0.25, 0.3) is 0 Å². The maximum atomic E-state index is 10.5. The van der Waals surface area contributed by atoms with E-state index in [1.807, 2.05) is 0 Å². The number of carbonyl (C=O) groups excluding carboxylic acids is 1. The van der Waals surface area contributed by atoms with Crippen LogP contribution in [-0.4, -0.2) is 6.29 Å². The predicted molar refractivity (Wildman–Crippen MR) is 71.8 cm³/mol. The second kappa shape index (κ2) is 4.96. The van der Waals surface area contributed by atoms with Gasteiger partial charge in [-0.1, -0.05) is 26.0 Å². The van der Waals surface area contributed by atoms with Crippen LogP contribution in [0.1, 0.15) is 58.8 Å². The van der Waals surface area contributed by atoms with Gasteiger partial charge in [-0.15, -0.1) is 0 Å². The highest BCUT2D eigenvalue weighted by atomic mass is 16.1. The number of hydrogen-bond donors (Lipinski definition) is 0. The van der Waals surface area contributed by atoms with Crippen molar-refractivity contribution >= 4 is 6.29 Å². The fraction of sp³-hybridized carbons (Fsp3) is 0.812. The maximum Gasteiger partial charge on any atom is 0.120 e. The number of fused-ring (bicyclic) bond motifs is 1. The van der Waals surface area contributed by atoms with E-state index in [9.17, 15) is 4.79 Å². The Labute approximate surface area is 106 Å². The highest BCUT2D eigenvalue weighted by molar-refractivity contribution is 5.49. The van der Waals surface area contributed by atoms with Gasteiger partial charge in [0.05, 0.1) is 0 Å². The van der Waals surface area contributed by atoms with Crippen LogP contribution >= 0.6 is 0 Å². The van der Waals surface area contributed by atoms with E-state index >= 15 is 0 Å². The monoisotopic (exact) mass is 234 g/mol. The van der Waals surface area contributed by atoms with E-state index in [0.29, 0.717) is 11.3 Å². The van der Waals surface area contributed by atoms with Crippen molar-refractivity contribution in [1.82, 2.24) is 0 Å². The van der Waals surface area contributed by atoms with Crippen LogP contribution < -0.4 is 0 Å². The molecule has 1 nitrogen and oxygen atoms in total. The lowest BCUT2D eigenvalue weighted by molar-refractivity contribution is -0.108. The molecule has 0 amide bonds. The molecule has 2 saturated carbocycles. The lowest BCUT2D eigenvalue weighted by Gasteiger charge is -2.44. The molecule has 0 saturated heterocycles. The lowest BCUT2D eigenvalue weighted by Crippen LogP contribution is -2.35. The van der Waals surface area contributed by atoms with Crippen molar-refractivity contribution in [2.24, 2.45) is 23.2 Å². The Morgan fingerprint density at radius 1 is 1.53 bits per heavy atom. The molecule has 0 bridgehead atoms. The topological polar surface area (TPSA) is 17.1 Å². The highest BCUT2D eigenvalue weighted by Gasteiger charge is 2.49. The summed E-state index contributed by atoms with van der Waals surface area (Å²) in [5.74, 6) is 2.27. The second-order valence-electron chi connectivity index (χ2n) is 6.48. The minimum absolute atomic E-state index is 0.484. The fourth-order valence-electron chi connectivity index (χ4n) is 4.63. The van der Waals surface area contributed by atoms with Gasteiger partial charge < -0.3 is 4.79 Å². The normalized spacial score (nSPS) is 38.8. The van der Waals surface area contributed by atoms with Crippen LogP contribution in [0.3, 0.4) is 0 Å². The van der Waals surface area contributed by atoms with Gasteiger partial charge in [0.25, 0.3) is 0 Å². The fourth-order valence-corrected chi connectivity index (χ4v) is 4.63. The highest BCUT2D eigenvalue weighted by Crippen LogP contribution is 2.59. The van der Waals surface area contributed by atoms with E-state index in [0.717, 1.165) is 31.0 Å². The summed E-state index contributed by atoms with van der Waals surface area (Å²) < 4.78 is 0. The molecule has 0 aromatic heterocycles. The average molecular weight is 234 g/mol. The van der Waals surface area contributed by atoms with Crippen LogP contribution in [0.4, 0.5) is 0 Å². The van der Waals surface area contributed by atoms with Gasteiger partial charge in [0, 0.05) is 6.42 Å². The minimum atomic E-state index is 0.484. The van der Waals surface area contributed by atoms with Gasteiger partial charge in [-0.05, 0) is 61.7 Å². The van der Waals surface area contributed by atoms with E-state index in [-0.39, 0.29) is 0 Å². The summed E-state index contributed by atoms with van der Waals surface area (Å²) in [7, 11) is 0. The SMILES string of the molecule is C=C1CCC[C@@]2(C)C1CC[C@@H]2C(C)CCC=O.